The summed E-state index contributed by atoms with van der Waals surface area (Å²) < 4.78 is 0. The van der Waals surface area contributed by atoms with Crippen LogP contribution in [0.15, 0.2) is 53.3 Å². The van der Waals surface area contributed by atoms with Gasteiger partial charge in [0.2, 0.25) is 12.0 Å². The molecule has 0 aliphatic carbocycles. The zero-order chi connectivity index (χ0) is 16.6. The summed E-state index contributed by atoms with van der Waals surface area (Å²) in [5, 5.41) is 2.39. The normalized spacial score (nSPS) is 8.68. The highest BCUT2D eigenvalue weighted by Gasteiger charge is 1.85. The molecule has 1 heterocycles. The van der Waals surface area contributed by atoms with Crippen molar-refractivity contribution in [2.24, 2.45) is 5.73 Å². The van der Waals surface area contributed by atoms with Gasteiger partial charge < -0.3 is 16.0 Å². The molecule has 4 N–H and O–H groups in total. The molecule has 0 fully saturated rings. The summed E-state index contributed by atoms with van der Waals surface area (Å²) in [4.78, 5) is 22.7. The molecule has 0 radical (unpaired) electrons. The molecule has 5 nitrogen and oxygen atoms in total. The number of aromatic amines is 1. The van der Waals surface area contributed by atoms with E-state index < -0.39 is 0 Å². The van der Waals surface area contributed by atoms with E-state index in [1.165, 1.54) is 11.6 Å². The maximum absolute atomic E-state index is 10.6. The van der Waals surface area contributed by atoms with Crippen LogP contribution in [0.25, 0.3) is 0 Å². The number of hydrogen-bond acceptors (Lipinski definition) is 3. The number of hydrogen-bond donors (Lipinski definition) is 3. The predicted octanol–water partition coefficient (Wildman–Crippen LogP) is 1.62. The molecule has 1 aromatic heterocycles. The van der Waals surface area contributed by atoms with E-state index in [4.69, 9.17) is 5.73 Å². The molecular formula is C17H25N3O2. The lowest BCUT2D eigenvalue weighted by molar-refractivity contribution is -0.109. The van der Waals surface area contributed by atoms with E-state index in [0.29, 0.717) is 19.5 Å². The summed E-state index contributed by atoms with van der Waals surface area (Å²) >= 11 is 0. The first-order chi connectivity index (χ1) is 10.6. The molecule has 2 rings (SSSR count). The summed E-state index contributed by atoms with van der Waals surface area (Å²) in [6.45, 7) is 5.17. The largest absolute Gasteiger partial charge is 0.357 e. The van der Waals surface area contributed by atoms with Crippen LogP contribution in [0.2, 0.25) is 0 Å². The number of carbonyl (C=O) groups is 1. The van der Waals surface area contributed by atoms with Crippen molar-refractivity contribution in [1.29, 1.82) is 0 Å². The van der Waals surface area contributed by atoms with E-state index in [-0.39, 0.29) is 5.56 Å². The standard InChI is InChI=1S/C7H9NO.C7H8.C3H8N2O/c1-2-6-4-3-5-7(9)8-6;1-7-5-3-2-4-6-7;4-1-2-5-3-6/h3-5H,2H2,1H3,(H,8,9);2-6H,1H3;3H,1-2,4H2,(H,5,6). The van der Waals surface area contributed by atoms with E-state index in [1.807, 2.05) is 31.2 Å². The summed E-state index contributed by atoms with van der Waals surface area (Å²) in [5.41, 5.74) is 7.28. The molecule has 0 saturated heterocycles. The highest BCUT2D eigenvalue weighted by atomic mass is 16.1. The number of nitrogens with two attached hydrogens (primary N) is 1. The van der Waals surface area contributed by atoms with Crippen LogP contribution in [0.5, 0.6) is 0 Å². The van der Waals surface area contributed by atoms with Gasteiger partial charge in [0.25, 0.3) is 0 Å². The van der Waals surface area contributed by atoms with Crippen LogP contribution in [0, 0.1) is 6.92 Å². The van der Waals surface area contributed by atoms with Gasteiger partial charge in [0.1, 0.15) is 0 Å². The Morgan fingerprint density at radius 1 is 1.14 bits per heavy atom. The van der Waals surface area contributed by atoms with Crippen molar-refractivity contribution in [1.82, 2.24) is 10.3 Å². The fourth-order valence-electron chi connectivity index (χ4n) is 1.38. The zero-order valence-corrected chi connectivity index (χ0v) is 13.2. The fourth-order valence-corrected chi connectivity index (χ4v) is 1.38. The van der Waals surface area contributed by atoms with E-state index in [9.17, 15) is 9.59 Å². The lowest BCUT2D eigenvalue weighted by atomic mass is 10.2. The number of benzene rings is 1. The molecule has 0 aliphatic heterocycles. The Morgan fingerprint density at radius 2 is 1.82 bits per heavy atom. The average molecular weight is 303 g/mol. The molecule has 0 atom stereocenters. The third-order valence-corrected chi connectivity index (χ3v) is 2.52. The summed E-state index contributed by atoms with van der Waals surface area (Å²) in [5.74, 6) is 0. The minimum absolute atomic E-state index is 0.0191. The topological polar surface area (TPSA) is 88.0 Å². The van der Waals surface area contributed by atoms with Gasteiger partial charge in [0, 0.05) is 24.8 Å². The van der Waals surface area contributed by atoms with Crippen LogP contribution < -0.4 is 16.6 Å². The third-order valence-electron chi connectivity index (χ3n) is 2.52. The van der Waals surface area contributed by atoms with Gasteiger partial charge in [0.05, 0.1) is 0 Å². The average Bonchev–Trinajstić information content (AvgIpc) is 2.55. The SMILES string of the molecule is CCc1cccc(=O)[nH]1.Cc1ccccc1.NCCNC=O. The lowest BCUT2D eigenvalue weighted by Crippen LogP contribution is -2.20. The van der Waals surface area contributed by atoms with E-state index >= 15 is 0 Å². The monoisotopic (exact) mass is 303 g/mol. The van der Waals surface area contributed by atoms with Crippen molar-refractivity contribution in [3.8, 4) is 0 Å². The first kappa shape index (κ1) is 19.6. The number of rotatable bonds is 4. The number of nitrogens with one attached hydrogen (secondary N) is 2. The quantitative estimate of drug-likeness (QED) is 0.592. The van der Waals surface area contributed by atoms with Gasteiger partial charge in [-0.25, -0.2) is 0 Å². The van der Waals surface area contributed by atoms with Crippen LogP contribution in [-0.4, -0.2) is 24.5 Å². The Hall–Kier alpha value is -2.40. The summed E-state index contributed by atoms with van der Waals surface area (Å²) in [6, 6.07) is 15.4. The maximum Gasteiger partial charge on any atom is 0.248 e. The van der Waals surface area contributed by atoms with Crippen molar-refractivity contribution in [2.45, 2.75) is 20.3 Å². The fraction of sp³-hybridized carbons (Fsp3) is 0.294. The van der Waals surface area contributed by atoms with Crippen molar-refractivity contribution in [3.63, 3.8) is 0 Å². The molecule has 0 saturated carbocycles. The highest BCUT2D eigenvalue weighted by Crippen LogP contribution is 1.92. The third kappa shape index (κ3) is 11.4. The molecule has 0 bridgehead atoms. The Labute approximate surface area is 131 Å². The van der Waals surface area contributed by atoms with E-state index in [2.05, 4.69) is 29.4 Å². The Balaban J connectivity index is 0.000000309. The molecule has 22 heavy (non-hydrogen) atoms. The van der Waals surface area contributed by atoms with E-state index in [0.717, 1.165) is 12.1 Å². The number of carbonyl (C=O) groups excluding carboxylic acids is 1. The minimum atomic E-state index is -0.0191. The predicted molar refractivity (Wildman–Crippen MR) is 90.7 cm³/mol. The number of H-pyrrole nitrogens is 1. The summed E-state index contributed by atoms with van der Waals surface area (Å²) in [7, 11) is 0. The van der Waals surface area contributed by atoms with Crippen molar-refractivity contribution in [2.75, 3.05) is 13.1 Å². The van der Waals surface area contributed by atoms with E-state index in [1.54, 1.807) is 6.07 Å². The second-order valence-corrected chi connectivity index (χ2v) is 4.41. The first-order valence-electron chi connectivity index (χ1n) is 7.21. The van der Waals surface area contributed by atoms with Crippen LogP contribution in [0.3, 0.4) is 0 Å². The van der Waals surface area contributed by atoms with Gasteiger partial charge in [-0.3, -0.25) is 9.59 Å². The van der Waals surface area contributed by atoms with Gasteiger partial charge in [-0.15, -0.1) is 0 Å². The molecule has 2 aromatic rings. The Bertz CT molecular complexity index is 553. The smallest absolute Gasteiger partial charge is 0.248 e. The molecule has 0 aliphatic rings. The van der Waals surface area contributed by atoms with Gasteiger partial charge in [-0.05, 0) is 19.4 Å². The second kappa shape index (κ2) is 13.6. The molecule has 120 valence electrons. The number of aryl methyl sites for hydroxylation is 2. The second-order valence-electron chi connectivity index (χ2n) is 4.41. The van der Waals surface area contributed by atoms with Gasteiger partial charge in [-0.2, -0.15) is 0 Å². The van der Waals surface area contributed by atoms with Crippen LogP contribution in [0.4, 0.5) is 0 Å². The molecular weight excluding hydrogens is 278 g/mol. The Kier molecular flexibility index (Phi) is 12.1. The molecule has 5 heteroatoms. The number of amides is 1. The van der Waals surface area contributed by atoms with Crippen molar-refractivity contribution in [3.05, 3.63) is 70.1 Å². The number of pyridine rings is 1. The minimum Gasteiger partial charge on any atom is -0.357 e. The van der Waals surface area contributed by atoms with Crippen molar-refractivity contribution >= 4 is 6.41 Å². The van der Waals surface area contributed by atoms with Gasteiger partial charge in [0.15, 0.2) is 0 Å². The molecule has 0 spiro atoms. The van der Waals surface area contributed by atoms with Crippen LogP contribution in [0.1, 0.15) is 18.2 Å². The maximum atomic E-state index is 10.6. The summed E-state index contributed by atoms with van der Waals surface area (Å²) in [6.07, 6.45) is 1.52. The zero-order valence-electron chi connectivity index (χ0n) is 13.2. The van der Waals surface area contributed by atoms with Gasteiger partial charge in [-0.1, -0.05) is 48.9 Å². The number of aromatic nitrogens is 1. The highest BCUT2D eigenvalue weighted by molar-refractivity contribution is 5.45. The van der Waals surface area contributed by atoms with Gasteiger partial charge >= 0.3 is 0 Å². The Morgan fingerprint density at radius 3 is 2.14 bits per heavy atom. The lowest BCUT2D eigenvalue weighted by Gasteiger charge is -1.90. The van der Waals surface area contributed by atoms with Crippen molar-refractivity contribution < 1.29 is 4.79 Å². The first-order valence-corrected chi connectivity index (χ1v) is 7.21. The molecule has 1 amide bonds. The molecule has 0 unspecified atom stereocenters. The molecule has 1 aromatic carbocycles. The van der Waals surface area contributed by atoms with Crippen LogP contribution in [-0.2, 0) is 11.2 Å². The van der Waals surface area contributed by atoms with Crippen LogP contribution >= 0.6 is 0 Å².